The lowest BCUT2D eigenvalue weighted by atomic mass is 10.0. The Balaban J connectivity index is 1.68. The van der Waals surface area contributed by atoms with Gasteiger partial charge >= 0.3 is 6.18 Å². The van der Waals surface area contributed by atoms with Gasteiger partial charge in [-0.05, 0) is 30.7 Å². The van der Waals surface area contributed by atoms with Crippen LogP contribution in [-0.4, -0.2) is 26.0 Å². The molecule has 156 valence electrons. The van der Waals surface area contributed by atoms with Crippen LogP contribution in [0.3, 0.4) is 0 Å². The predicted molar refractivity (Wildman–Crippen MR) is 111 cm³/mol. The molecule has 0 bridgehead atoms. The molecular formula is C19H15BrF3N5OS. The number of rotatable bonds is 3. The van der Waals surface area contributed by atoms with E-state index in [4.69, 9.17) is 0 Å². The van der Waals surface area contributed by atoms with Crippen LogP contribution in [0.1, 0.15) is 23.0 Å². The van der Waals surface area contributed by atoms with Crippen molar-refractivity contribution >= 4 is 39.3 Å². The second-order valence-corrected chi connectivity index (χ2v) is 8.62. The lowest BCUT2D eigenvalue weighted by Gasteiger charge is -2.33. The minimum atomic E-state index is -4.61. The molecule has 0 saturated carbocycles. The van der Waals surface area contributed by atoms with Crippen LogP contribution < -0.4 is 10.7 Å². The maximum atomic E-state index is 13.5. The number of amides is 1. The molecule has 1 aliphatic rings. The van der Waals surface area contributed by atoms with Crippen molar-refractivity contribution in [3.05, 3.63) is 70.0 Å². The number of nitrogens with one attached hydrogen (secondary N) is 2. The van der Waals surface area contributed by atoms with Gasteiger partial charge < -0.3 is 10.7 Å². The molecule has 2 aromatic carbocycles. The fourth-order valence-electron chi connectivity index (χ4n) is 3.13. The first-order chi connectivity index (χ1) is 14.2. The van der Waals surface area contributed by atoms with Gasteiger partial charge in [0.1, 0.15) is 11.1 Å². The van der Waals surface area contributed by atoms with Crippen LogP contribution in [0.15, 0.2) is 58.2 Å². The molecule has 1 aromatic heterocycles. The molecule has 4 rings (SSSR count). The molecule has 2 N–H and O–H groups in total. The summed E-state index contributed by atoms with van der Waals surface area (Å²) in [5.41, 5.74) is 2.81. The number of benzene rings is 2. The molecule has 1 aliphatic heterocycles. The second-order valence-electron chi connectivity index (χ2n) is 6.60. The Labute approximate surface area is 182 Å². The number of carbonyl (C=O) groups is 1. The maximum Gasteiger partial charge on any atom is 0.418 e. The van der Waals surface area contributed by atoms with Gasteiger partial charge in [-0.2, -0.15) is 13.2 Å². The summed E-state index contributed by atoms with van der Waals surface area (Å²) in [5.74, 6) is 0.0469. The zero-order valence-electron chi connectivity index (χ0n) is 15.4. The number of aromatic nitrogens is 3. The molecule has 0 unspecified atom stereocenters. The highest BCUT2D eigenvalue weighted by Crippen LogP contribution is 2.40. The average Bonchev–Trinajstić information content (AvgIpc) is 3.08. The third-order valence-corrected chi connectivity index (χ3v) is 6.27. The molecule has 0 spiro atoms. The van der Waals surface area contributed by atoms with Crippen molar-refractivity contribution in [2.75, 3.05) is 10.7 Å². The van der Waals surface area contributed by atoms with Crippen molar-refractivity contribution in [2.24, 2.45) is 0 Å². The van der Waals surface area contributed by atoms with Gasteiger partial charge in [0.05, 0.1) is 17.3 Å². The van der Waals surface area contributed by atoms with Gasteiger partial charge in [-0.25, -0.2) is 4.68 Å². The van der Waals surface area contributed by atoms with Gasteiger partial charge in [0.15, 0.2) is 0 Å². The summed E-state index contributed by atoms with van der Waals surface area (Å²) < 4.78 is 42.3. The standard InChI is InChI=1S/C19H15BrF3N5OS/c1-10-25-26-18-28(10)27-15(11-5-3-2-4-6-11)16(30-18)17(29)24-14-8-7-12(20)9-13(14)19(21,22)23/h2-9,15-16,27H,1H3,(H,24,29)/t15-,16+/m0/s1. The third-order valence-electron chi connectivity index (χ3n) is 4.56. The van der Waals surface area contributed by atoms with Crippen molar-refractivity contribution in [1.82, 2.24) is 14.9 Å². The van der Waals surface area contributed by atoms with E-state index >= 15 is 0 Å². The minimum absolute atomic E-state index is 0.271. The van der Waals surface area contributed by atoms with E-state index in [1.54, 1.807) is 11.6 Å². The number of aryl methyl sites for hydroxylation is 1. The van der Waals surface area contributed by atoms with Gasteiger partial charge in [-0.15, -0.1) is 10.2 Å². The molecule has 3 aromatic rings. The first kappa shape index (κ1) is 20.7. The number of fused-ring (bicyclic) bond motifs is 1. The summed E-state index contributed by atoms with van der Waals surface area (Å²) in [6.45, 7) is 1.77. The fraction of sp³-hybridized carbons (Fsp3) is 0.211. The summed E-state index contributed by atoms with van der Waals surface area (Å²) >= 11 is 4.20. The topological polar surface area (TPSA) is 71.8 Å². The quantitative estimate of drug-likeness (QED) is 0.545. The first-order valence-electron chi connectivity index (χ1n) is 8.82. The molecule has 30 heavy (non-hydrogen) atoms. The van der Waals surface area contributed by atoms with Crippen LogP contribution >= 0.6 is 27.7 Å². The lowest BCUT2D eigenvalue weighted by molar-refractivity contribution is -0.137. The minimum Gasteiger partial charge on any atom is -0.324 e. The van der Waals surface area contributed by atoms with E-state index in [0.29, 0.717) is 11.0 Å². The number of nitrogens with zero attached hydrogens (tertiary/aromatic N) is 3. The third kappa shape index (κ3) is 4.04. The molecule has 11 heteroatoms. The Hall–Kier alpha value is -2.53. The van der Waals surface area contributed by atoms with Crippen molar-refractivity contribution in [3.8, 4) is 0 Å². The number of hydrogen-bond acceptors (Lipinski definition) is 5. The molecule has 2 heterocycles. The highest BCUT2D eigenvalue weighted by Gasteiger charge is 2.39. The monoisotopic (exact) mass is 497 g/mol. The number of carbonyl (C=O) groups excluding carboxylic acids is 1. The van der Waals surface area contributed by atoms with Gasteiger partial charge in [-0.3, -0.25) is 4.79 Å². The summed E-state index contributed by atoms with van der Waals surface area (Å²) in [5, 5.41) is 10.2. The molecule has 0 fully saturated rings. The highest BCUT2D eigenvalue weighted by molar-refractivity contribution is 9.10. The van der Waals surface area contributed by atoms with Crippen molar-refractivity contribution in [1.29, 1.82) is 0 Å². The zero-order chi connectivity index (χ0) is 21.5. The number of halogens is 4. The Morgan fingerprint density at radius 3 is 2.63 bits per heavy atom. The van der Waals surface area contributed by atoms with Gasteiger partial charge in [-0.1, -0.05) is 58.0 Å². The molecular weight excluding hydrogens is 483 g/mol. The smallest absolute Gasteiger partial charge is 0.324 e. The van der Waals surface area contributed by atoms with Crippen molar-refractivity contribution < 1.29 is 18.0 Å². The molecule has 1 amide bonds. The number of alkyl halides is 3. The Morgan fingerprint density at radius 1 is 1.20 bits per heavy atom. The van der Waals surface area contributed by atoms with E-state index < -0.39 is 28.9 Å². The molecule has 2 atom stereocenters. The van der Waals surface area contributed by atoms with Crippen LogP contribution in [0.5, 0.6) is 0 Å². The number of hydrogen-bond donors (Lipinski definition) is 2. The van der Waals surface area contributed by atoms with E-state index in [1.165, 1.54) is 12.1 Å². The lowest BCUT2D eigenvalue weighted by Crippen LogP contribution is -2.41. The summed E-state index contributed by atoms with van der Waals surface area (Å²) in [4.78, 5) is 13.1. The van der Waals surface area contributed by atoms with Crippen molar-refractivity contribution in [2.45, 2.75) is 29.5 Å². The maximum absolute atomic E-state index is 13.5. The predicted octanol–water partition coefficient (Wildman–Crippen LogP) is 4.77. The fourth-order valence-corrected chi connectivity index (χ4v) is 4.62. The van der Waals surface area contributed by atoms with Crippen molar-refractivity contribution in [3.63, 3.8) is 0 Å². The van der Waals surface area contributed by atoms with E-state index in [9.17, 15) is 18.0 Å². The summed E-state index contributed by atoms with van der Waals surface area (Å²) in [7, 11) is 0. The molecule has 0 aliphatic carbocycles. The largest absolute Gasteiger partial charge is 0.418 e. The van der Waals surface area contributed by atoms with E-state index in [-0.39, 0.29) is 10.2 Å². The van der Waals surface area contributed by atoms with Crippen LogP contribution in [0.25, 0.3) is 0 Å². The summed E-state index contributed by atoms with van der Waals surface area (Å²) in [6, 6.07) is 12.3. The van der Waals surface area contributed by atoms with Crippen LogP contribution in [0, 0.1) is 6.92 Å². The van der Waals surface area contributed by atoms with Gasteiger partial charge in [0, 0.05) is 4.47 Å². The Kier molecular flexibility index (Phi) is 5.49. The molecule has 0 saturated heterocycles. The van der Waals surface area contributed by atoms with E-state index in [2.05, 4.69) is 36.9 Å². The second kappa shape index (κ2) is 7.95. The normalized spacial score (nSPS) is 18.4. The molecule has 6 nitrogen and oxygen atoms in total. The Bertz CT molecular complexity index is 1090. The van der Waals surface area contributed by atoms with Gasteiger partial charge in [0.25, 0.3) is 0 Å². The highest BCUT2D eigenvalue weighted by atomic mass is 79.9. The first-order valence-corrected chi connectivity index (χ1v) is 10.5. The van der Waals surface area contributed by atoms with Crippen LogP contribution in [0.4, 0.5) is 18.9 Å². The van der Waals surface area contributed by atoms with E-state index in [1.807, 2.05) is 30.3 Å². The zero-order valence-corrected chi connectivity index (χ0v) is 17.8. The van der Waals surface area contributed by atoms with Gasteiger partial charge in [0.2, 0.25) is 11.1 Å². The van der Waals surface area contributed by atoms with E-state index in [0.717, 1.165) is 23.4 Å². The number of anilines is 1. The molecule has 0 radical (unpaired) electrons. The average molecular weight is 498 g/mol. The van der Waals surface area contributed by atoms with Crippen LogP contribution in [0.2, 0.25) is 0 Å². The SMILES string of the molecule is Cc1nnc2n1N[C@@H](c1ccccc1)[C@H](C(=O)Nc1ccc(Br)cc1C(F)(F)F)S2. The van der Waals surface area contributed by atoms with Crippen LogP contribution in [-0.2, 0) is 11.0 Å². The number of thioether (sulfide) groups is 1. The summed E-state index contributed by atoms with van der Waals surface area (Å²) in [6.07, 6.45) is -4.61. The Morgan fingerprint density at radius 2 is 1.93 bits per heavy atom.